The molecule has 0 saturated heterocycles. The van der Waals surface area contributed by atoms with Crippen molar-refractivity contribution in [1.82, 2.24) is 15.0 Å². The van der Waals surface area contributed by atoms with Gasteiger partial charge in [0.05, 0.1) is 0 Å². The van der Waals surface area contributed by atoms with Crippen molar-refractivity contribution >= 4 is 23.5 Å². The Morgan fingerprint density at radius 1 is 0.667 bits per heavy atom. The van der Waals surface area contributed by atoms with Crippen LogP contribution in [0.1, 0.15) is 110 Å². The first-order chi connectivity index (χ1) is 13.2. The molecule has 156 valence electrons. The molecule has 0 amide bonds. The second-order valence-electron chi connectivity index (χ2n) is 7.52. The molecule has 0 aromatic carbocycles. The Morgan fingerprint density at radius 2 is 1.11 bits per heavy atom. The Labute approximate surface area is 171 Å². The van der Waals surface area contributed by atoms with E-state index in [1.54, 1.807) is 0 Å². The van der Waals surface area contributed by atoms with Gasteiger partial charge in [-0.15, -0.1) is 0 Å². The first-order valence-corrected chi connectivity index (χ1v) is 11.5. The van der Waals surface area contributed by atoms with E-state index in [0.29, 0.717) is 5.95 Å². The summed E-state index contributed by atoms with van der Waals surface area (Å²) >= 11 is 5.75. The smallest absolute Gasteiger partial charge is 0.228 e. The minimum Gasteiger partial charge on any atom is -0.368 e. The van der Waals surface area contributed by atoms with E-state index in [1.165, 1.54) is 96.3 Å². The first-order valence-electron chi connectivity index (χ1n) is 11.1. The van der Waals surface area contributed by atoms with Crippen LogP contribution in [0.25, 0.3) is 0 Å². The summed E-state index contributed by atoms with van der Waals surface area (Å²) in [5.74, 6) is 0.623. The molecule has 0 aliphatic rings. The van der Waals surface area contributed by atoms with Gasteiger partial charge in [-0.3, -0.25) is 0 Å². The summed E-state index contributed by atoms with van der Waals surface area (Å²) in [5.41, 5.74) is 5.54. The molecule has 1 aromatic rings. The zero-order chi connectivity index (χ0) is 19.6. The average molecular weight is 398 g/mol. The first kappa shape index (κ1) is 23.9. The largest absolute Gasteiger partial charge is 0.368 e. The van der Waals surface area contributed by atoms with Crippen LogP contribution in [0.15, 0.2) is 0 Å². The minimum absolute atomic E-state index is 0.136. The highest BCUT2D eigenvalue weighted by atomic mass is 35.5. The maximum atomic E-state index is 5.75. The van der Waals surface area contributed by atoms with Crippen LogP contribution in [-0.2, 0) is 0 Å². The lowest BCUT2D eigenvalue weighted by molar-refractivity contribution is 0.530. The van der Waals surface area contributed by atoms with Crippen molar-refractivity contribution in [3.63, 3.8) is 0 Å². The van der Waals surface area contributed by atoms with Crippen LogP contribution in [0.5, 0.6) is 0 Å². The van der Waals surface area contributed by atoms with E-state index in [4.69, 9.17) is 17.3 Å². The lowest BCUT2D eigenvalue weighted by atomic mass is 10.0. The standard InChI is InChI=1S/C21H40ClN5/c1-2-3-4-5-6-7-8-9-10-11-12-13-14-15-16-17-18-24-21-26-19(22)25-20(23)27-21/h2-18H2,1H3,(H3,23,24,25,26,27). The molecule has 6 heteroatoms. The predicted molar refractivity (Wildman–Crippen MR) is 117 cm³/mol. The summed E-state index contributed by atoms with van der Waals surface area (Å²) in [4.78, 5) is 11.7. The Kier molecular flexibility index (Phi) is 15.1. The van der Waals surface area contributed by atoms with Crippen molar-refractivity contribution in [3.05, 3.63) is 5.28 Å². The molecule has 0 unspecified atom stereocenters. The Balaban J connectivity index is 1.78. The summed E-state index contributed by atoms with van der Waals surface area (Å²) in [6.45, 7) is 3.13. The molecule has 1 heterocycles. The van der Waals surface area contributed by atoms with Crippen LogP contribution >= 0.6 is 11.6 Å². The lowest BCUT2D eigenvalue weighted by Gasteiger charge is -2.05. The van der Waals surface area contributed by atoms with Crippen molar-refractivity contribution < 1.29 is 0 Å². The maximum absolute atomic E-state index is 5.75. The molecule has 5 nitrogen and oxygen atoms in total. The number of nitrogens with two attached hydrogens (primary N) is 1. The van der Waals surface area contributed by atoms with Crippen molar-refractivity contribution in [1.29, 1.82) is 0 Å². The van der Waals surface area contributed by atoms with Gasteiger partial charge in [0.25, 0.3) is 0 Å². The van der Waals surface area contributed by atoms with Gasteiger partial charge in [0, 0.05) is 6.54 Å². The fraction of sp³-hybridized carbons (Fsp3) is 0.857. The maximum Gasteiger partial charge on any atom is 0.228 e. The highest BCUT2D eigenvalue weighted by Crippen LogP contribution is 2.14. The number of unbranched alkanes of at least 4 members (excludes halogenated alkanes) is 15. The van der Waals surface area contributed by atoms with Crippen molar-refractivity contribution in [2.24, 2.45) is 0 Å². The van der Waals surface area contributed by atoms with Crippen LogP contribution in [-0.4, -0.2) is 21.5 Å². The van der Waals surface area contributed by atoms with Gasteiger partial charge in [0.15, 0.2) is 0 Å². The second kappa shape index (κ2) is 17.0. The van der Waals surface area contributed by atoms with Crippen molar-refractivity contribution in [3.8, 4) is 0 Å². The molecule has 0 atom stereocenters. The SMILES string of the molecule is CCCCCCCCCCCCCCCCCCNc1nc(N)nc(Cl)n1. The number of nitrogen functional groups attached to an aromatic ring is 1. The zero-order valence-corrected chi connectivity index (χ0v) is 18.1. The summed E-state index contributed by atoms with van der Waals surface area (Å²) < 4.78 is 0. The Morgan fingerprint density at radius 3 is 1.56 bits per heavy atom. The number of halogens is 1. The molecule has 0 aliphatic heterocycles. The van der Waals surface area contributed by atoms with E-state index in [2.05, 4.69) is 27.2 Å². The fourth-order valence-electron chi connectivity index (χ4n) is 3.32. The van der Waals surface area contributed by atoms with E-state index in [-0.39, 0.29) is 11.2 Å². The molecule has 3 N–H and O–H groups in total. The van der Waals surface area contributed by atoms with Crippen LogP contribution in [0.4, 0.5) is 11.9 Å². The lowest BCUT2D eigenvalue weighted by Crippen LogP contribution is -2.08. The number of nitrogens with zero attached hydrogens (tertiary/aromatic N) is 3. The normalized spacial score (nSPS) is 11.0. The molecule has 27 heavy (non-hydrogen) atoms. The summed E-state index contributed by atoms with van der Waals surface area (Å²) in [6, 6.07) is 0. The van der Waals surface area contributed by atoms with Gasteiger partial charge in [0.1, 0.15) is 0 Å². The summed E-state index contributed by atoms with van der Waals surface area (Å²) in [5, 5.41) is 3.29. The van der Waals surface area contributed by atoms with Gasteiger partial charge in [0.2, 0.25) is 17.2 Å². The van der Waals surface area contributed by atoms with E-state index in [1.807, 2.05) is 0 Å². The molecular formula is C21H40ClN5. The van der Waals surface area contributed by atoms with Crippen molar-refractivity contribution in [2.45, 2.75) is 110 Å². The predicted octanol–water partition coefficient (Wildman–Crippen LogP) is 6.78. The number of hydrogen-bond acceptors (Lipinski definition) is 5. The number of aromatic nitrogens is 3. The van der Waals surface area contributed by atoms with Gasteiger partial charge < -0.3 is 11.1 Å². The monoisotopic (exact) mass is 397 g/mol. The third-order valence-corrected chi connectivity index (χ3v) is 5.11. The minimum atomic E-state index is 0.136. The summed E-state index contributed by atoms with van der Waals surface area (Å²) in [6.07, 6.45) is 22.0. The molecule has 0 spiro atoms. The van der Waals surface area contributed by atoms with Crippen LogP contribution in [0.2, 0.25) is 5.28 Å². The second-order valence-corrected chi connectivity index (χ2v) is 7.85. The Hall–Kier alpha value is -1.10. The van der Waals surface area contributed by atoms with Crippen molar-refractivity contribution in [2.75, 3.05) is 17.6 Å². The highest BCUT2D eigenvalue weighted by Gasteiger charge is 2.01. The molecular weight excluding hydrogens is 358 g/mol. The average Bonchev–Trinajstić information content (AvgIpc) is 2.63. The topological polar surface area (TPSA) is 76.7 Å². The molecule has 1 aromatic heterocycles. The number of anilines is 2. The highest BCUT2D eigenvalue weighted by molar-refractivity contribution is 6.28. The molecule has 0 aliphatic carbocycles. The van der Waals surface area contributed by atoms with Crippen LogP contribution in [0.3, 0.4) is 0 Å². The van der Waals surface area contributed by atoms with Crippen LogP contribution in [0, 0.1) is 0 Å². The van der Waals surface area contributed by atoms with Gasteiger partial charge in [-0.05, 0) is 18.0 Å². The third kappa shape index (κ3) is 14.6. The zero-order valence-electron chi connectivity index (χ0n) is 17.3. The van der Waals surface area contributed by atoms with Gasteiger partial charge in [-0.2, -0.15) is 15.0 Å². The van der Waals surface area contributed by atoms with E-state index >= 15 is 0 Å². The Bertz CT molecular complexity index is 450. The van der Waals surface area contributed by atoms with Gasteiger partial charge in [-0.25, -0.2) is 0 Å². The fourth-order valence-corrected chi connectivity index (χ4v) is 3.48. The number of hydrogen-bond donors (Lipinski definition) is 2. The number of rotatable bonds is 18. The van der Waals surface area contributed by atoms with Gasteiger partial charge in [-0.1, -0.05) is 103 Å². The van der Waals surface area contributed by atoms with Gasteiger partial charge >= 0.3 is 0 Å². The molecule has 1 rings (SSSR count). The quantitative estimate of drug-likeness (QED) is 0.267. The molecule has 0 fully saturated rings. The third-order valence-electron chi connectivity index (χ3n) is 4.94. The van der Waals surface area contributed by atoms with E-state index in [9.17, 15) is 0 Å². The molecule has 0 saturated carbocycles. The van der Waals surface area contributed by atoms with Crippen LogP contribution < -0.4 is 11.1 Å². The molecule has 0 radical (unpaired) electrons. The summed E-state index contributed by atoms with van der Waals surface area (Å²) in [7, 11) is 0. The van der Waals surface area contributed by atoms with E-state index in [0.717, 1.165) is 13.0 Å². The van der Waals surface area contributed by atoms with E-state index < -0.39 is 0 Å². The number of nitrogens with one attached hydrogen (secondary N) is 1. The molecule has 0 bridgehead atoms.